The minimum Gasteiger partial charge on any atom is -0.506 e. The summed E-state index contributed by atoms with van der Waals surface area (Å²) in [4.78, 5) is 26.6. The van der Waals surface area contributed by atoms with Gasteiger partial charge in [-0.25, -0.2) is 0 Å². The first-order chi connectivity index (χ1) is 11.5. The number of aryl methyl sites for hydroxylation is 1. The van der Waals surface area contributed by atoms with Crippen LogP contribution in [0.1, 0.15) is 11.1 Å². The van der Waals surface area contributed by atoms with Crippen LogP contribution in [0.2, 0.25) is 0 Å². The van der Waals surface area contributed by atoms with E-state index in [4.69, 9.17) is 4.42 Å². The fourth-order valence-corrected chi connectivity index (χ4v) is 2.22. The van der Waals surface area contributed by atoms with Gasteiger partial charge < -0.3 is 9.52 Å². The summed E-state index contributed by atoms with van der Waals surface area (Å²) in [5.41, 5.74) is 1.07. The minimum atomic E-state index is -0.592. The minimum absolute atomic E-state index is 0.00654. The molecule has 1 N–H and O–H groups in total. The standard InChI is InChI=1S/C17H12N2O5/c1-10-2-5-16-13(6-10)17(21)11(9-24-16)8-18-14-7-12(19(22)23)3-4-15(14)20/h2-9,20H,1H3. The molecule has 0 saturated carbocycles. The molecule has 0 aliphatic rings. The van der Waals surface area contributed by atoms with Crippen molar-refractivity contribution in [3.05, 3.63) is 74.1 Å². The predicted octanol–water partition coefficient (Wildman–Crippen LogP) is 3.47. The number of non-ortho nitro benzene ring substituents is 1. The summed E-state index contributed by atoms with van der Waals surface area (Å²) in [7, 11) is 0. The number of fused-ring (bicyclic) bond motifs is 1. The van der Waals surface area contributed by atoms with Gasteiger partial charge in [0.1, 0.15) is 23.3 Å². The van der Waals surface area contributed by atoms with Gasteiger partial charge in [-0.1, -0.05) is 11.6 Å². The summed E-state index contributed by atoms with van der Waals surface area (Å²) < 4.78 is 5.40. The van der Waals surface area contributed by atoms with E-state index in [0.29, 0.717) is 11.0 Å². The summed E-state index contributed by atoms with van der Waals surface area (Å²) >= 11 is 0. The third kappa shape index (κ3) is 2.87. The van der Waals surface area contributed by atoms with Gasteiger partial charge in [-0.3, -0.25) is 19.9 Å². The average molecular weight is 324 g/mol. The molecule has 3 aromatic rings. The third-order valence-corrected chi connectivity index (χ3v) is 3.47. The average Bonchev–Trinajstić information content (AvgIpc) is 2.56. The van der Waals surface area contributed by atoms with Crippen molar-refractivity contribution < 1.29 is 14.4 Å². The second-order valence-corrected chi connectivity index (χ2v) is 5.21. The van der Waals surface area contributed by atoms with Gasteiger partial charge >= 0.3 is 0 Å². The van der Waals surface area contributed by atoms with Crippen molar-refractivity contribution >= 4 is 28.6 Å². The molecule has 7 heteroatoms. The fraction of sp³-hybridized carbons (Fsp3) is 0.0588. The summed E-state index contributed by atoms with van der Waals surface area (Å²) in [6.45, 7) is 1.86. The fourth-order valence-electron chi connectivity index (χ4n) is 2.22. The zero-order valence-electron chi connectivity index (χ0n) is 12.6. The van der Waals surface area contributed by atoms with Gasteiger partial charge in [0.05, 0.1) is 15.9 Å². The number of hydrogen-bond donors (Lipinski definition) is 1. The largest absolute Gasteiger partial charge is 0.506 e. The Morgan fingerprint density at radius 3 is 2.79 bits per heavy atom. The van der Waals surface area contributed by atoms with Gasteiger partial charge in [-0.15, -0.1) is 0 Å². The Morgan fingerprint density at radius 2 is 2.04 bits per heavy atom. The highest BCUT2D eigenvalue weighted by atomic mass is 16.6. The molecule has 120 valence electrons. The van der Waals surface area contributed by atoms with Crippen LogP contribution in [0.4, 0.5) is 11.4 Å². The van der Waals surface area contributed by atoms with Gasteiger partial charge in [-0.05, 0) is 25.1 Å². The Kier molecular flexibility index (Phi) is 3.83. The molecule has 0 aliphatic carbocycles. The maximum absolute atomic E-state index is 12.4. The first-order valence-electron chi connectivity index (χ1n) is 6.99. The molecular weight excluding hydrogens is 312 g/mol. The number of aliphatic imine (C=N–C) groups is 1. The molecule has 0 amide bonds. The normalized spacial score (nSPS) is 11.2. The van der Waals surface area contributed by atoms with Crippen LogP contribution < -0.4 is 5.43 Å². The zero-order valence-corrected chi connectivity index (χ0v) is 12.6. The number of aromatic hydroxyl groups is 1. The number of nitro groups is 1. The molecular formula is C17H12N2O5. The lowest BCUT2D eigenvalue weighted by molar-refractivity contribution is -0.384. The highest BCUT2D eigenvalue weighted by molar-refractivity contribution is 5.88. The van der Waals surface area contributed by atoms with E-state index >= 15 is 0 Å². The molecule has 0 fully saturated rings. The topological polar surface area (TPSA) is 106 Å². The van der Waals surface area contributed by atoms with Crippen LogP contribution in [0.5, 0.6) is 5.75 Å². The number of phenols is 1. The highest BCUT2D eigenvalue weighted by Gasteiger charge is 2.10. The lowest BCUT2D eigenvalue weighted by atomic mass is 10.1. The molecule has 24 heavy (non-hydrogen) atoms. The smallest absolute Gasteiger partial charge is 0.271 e. The Balaban J connectivity index is 2.05. The first kappa shape index (κ1) is 15.4. The number of nitrogens with zero attached hydrogens (tertiary/aromatic N) is 2. The van der Waals surface area contributed by atoms with Crippen molar-refractivity contribution in [2.24, 2.45) is 4.99 Å². The van der Waals surface area contributed by atoms with Crippen molar-refractivity contribution in [1.82, 2.24) is 0 Å². The second-order valence-electron chi connectivity index (χ2n) is 5.21. The Bertz CT molecular complexity index is 1040. The SMILES string of the molecule is Cc1ccc2occ(C=Nc3cc([N+](=O)[O-])ccc3O)c(=O)c2c1. The summed E-state index contributed by atoms with van der Waals surface area (Å²) in [6, 6.07) is 8.72. The first-order valence-corrected chi connectivity index (χ1v) is 6.99. The predicted molar refractivity (Wildman–Crippen MR) is 89.2 cm³/mol. The molecule has 2 aromatic carbocycles. The van der Waals surface area contributed by atoms with E-state index in [0.717, 1.165) is 11.6 Å². The Hall–Kier alpha value is -3.48. The van der Waals surface area contributed by atoms with E-state index in [-0.39, 0.29) is 28.1 Å². The lowest BCUT2D eigenvalue weighted by Crippen LogP contribution is -2.07. The van der Waals surface area contributed by atoms with Gasteiger partial charge in [0, 0.05) is 18.3 Å². The van der Waals surface area contributed by atoms with Gasteiger partial charge in [0.25, 0.3) is 5.69 Å². The van der Waals surface area contributed by atoms with Crippen molar-refractivity contribution in [2.45, 2.75) is 6.92 Å². The van der Waals surface area contributed by atoms with E-state index in [2.05, 4.69) is 4.99 Å². The summed E-state index contributed by atoms with van der Waals surface area (Å²) in [5.74, 6) is -0.224. The van der Waals surface area contributed by atoms with Crippen molar-refractivity contribution in [3.63, 3.8) is 0 Å². The van der Waals surface area contributed by atoms with Gasteiger partial charge in [0.15, 0.2) is 0 Å². The number of phenolic OH excluding ortho intramolecular Hbond substituents is 1. The number of nitro benzene ring substituents is 1. The highest BCUT2D eigenvalue weighted by Crippen LogP contribution is 2.30. The van der Waals surface area contributed by atoms with Crippen molar-refractivity contribution in [2.75, 3.05) is 0 Å². The third-order valence-electron chi connectivity index (χ3n) is 3.47. The Labute approximate surface area is 135 Å². The molecule has 3 rings (SSSR count). The van der Waals surface area contributed by atoms with E-state index in [1.807, 2.05) is 13.0 Å². The molecule has 0 spiro atoms. The second kappa shape index (κ2) is 5.96. The molecule has 0 bridgehead atoms. The van der Waals surface area contributed by atoms with Crippen LogP contribution in [0.25, 0.3) is 11.0 Å². The molecule has 7 nitrogen and oxygen atoms in total. The maximum atomic E-state index is 12.4. The van der Waals surface area contributed by atoms with E-state index in [1.165, 1.54) is 24.6 Å². The Morgan fingerprint density at radius 1 is 1.25 bits per heavy atom. The van der Waals surface area contributed by atoms with Gasteiger partial charge in [-0.2, -0.15) is 0 Å². The van der Waals surface area contributed by atoms with E-state index in [1.54, 1.807) is 12.1 Å². The molecule has 0 unspecified atom stereocenters. The number of rotatable bonds is 3. The van der Waals surface area contributed by atoms with E-state index in [9.17, 15) is 20.0 Å². The molecule has 0 aliphatic heterocycles. The van der Waals surface area contributed by atoms with Crippen LogP contribution >= 0.6 is 0 Å². The number of hydrogen-bond acceptors (Lipinski definition) is 6. The molecule has 1 aromatic heterocycles. The molecule has 0 saturated heterocycles. The van der Waals surface area contributed by atoms with Crippen LogP contribution in [0.15, 0.2) is 56.9 Å². The van der Waals surface area contributed by atoms with Crippen LogP contribution in [-0.2, 0) is 0 Å². The molecule has 0 atom stereocenters. The van der Waals surface area contributed by atoms with Crippen LogP contribution in [-0.4, -0.2) is 16.2 Å². The quantitative estimate of drug-likeness (QED) is 0.451. The van der Waals surface area contributed by atoms with E-state index < -0.39 is 4.92 Å². The van der Waals surface area contributed by atoms with Crippen molar-refractivity contribution in [1.29, 1.82) is 0 Å². The van der Waals surface area contributed by atoms with Crippen LogP contribution in [0.3, 0.4) is 0 Å². The maximum Gasteiger partial charge on any atom is 0.271 e. The van der Waals surface area contributed by atoms with Crippen LogP contribution in [0, 0.1) is 17.0 Å². The van der Waals surface area contributed by atoms with Crippen molar-refractivity contribution in [3.8, 4) is 5.75 Å². The zero-order chi connectivity index (χ0) is 17.3. The summed E-state index contributed by atoms with van der Waals surface area (Å²) in [6.07, 6.45) is 2.48. The monoisotopic (exact) mass is 324 g/mol. The summed E-state index contributed by atoms with van der Waals surface area (Å²) in [5, 5.41) is 20.9. The lowest BCUT2D eigenvalue weighted by Gasteiger charge is -2.00. The number of benzene rings is 2. The molecule has 1 heterocycles. The van der Waals surface area contributed by atoms with Gasteiger partial charge in [0.2, 0.25) is 5.43 Å². The molecule has 0 radical (unpaired) electrons.